The van der Waals surface area contributed by atoms with Crippen LogP contribution in [-0.4, -0.2) is 41.2 Å². The Bertz CT molecular complexity index is 514. The van der Waals surface area contributed by atoms with Gasteiger partial charge in [0, 0.05) is 20.1 Å². The molecule has 0 unspecified atom stereocenters. The van der Waals surface area contributed by atoms with Crippen molar-refractivity contribution in [3.05, 3.63) is 16.3 Å². The van der Waals surface area contributed by atoms with E-state index in [2.05, 4.69) is 10.4 Å². The Kier molecular flexibility index (Phi) is 3.94. The van der Waals surface area contributed by atoms with Crippen molar-refractivity contribution < 1.29 is 4.74 Å². The number of aryl methyl sites for hydroxylation is 1. The third-order valence-corrected chi connectivity index (χ3v) is 4.92. The molecule has 0 bridgehead atoms. The van der Waals surface area contributed by atoms with E-state index >= 15 is 0 Å². The van der Waals surface area contributed by atoms with Gasteiger partial charge in [-0.05, 0) is 44.2 Å². The molecule has 0 aromatic carbocycles. The first kappa shape index (κ1) is 13.8. The second-order valence-corrected chi connectivity index (χ2v) is 6.07. The average Bonchev–Trinajstić information content (AvgIpc) is 2.67. The van der Waals surface area contributed by atoms with Crippen molar-refractivity contribution in [2.24, 2.45) is 5.41 Å². The summed E-state index contributed by atoms with van der Waals surface area (Å²) in [4.78, 5) is 12.3. The zero-order chi connectivity index (χ0) is 14.0. The molecule has 2 aliphatic rings. The Labute approximate surface area is 119 Å². The lowest BCUT2D eigenvalue weighted by Crippen LogP contribution is -2.37. The molecule has 0 atom stereocenters. The molecule has 1 saturated heterocycles. The molecule has 1 spiro atoms. The SMILES string of the molecule is COCCn1nc2n(c1=O)CCC1(CCNCC1)CC2. The zero-order valence-corrected chi connectivity index (χ0v) is 12.2. The number of nitrogens with one attached hydrogen (secondary N) is 1. The topological polar surface area (TPSA) is 61.1 Å². The van der Waals surface area contributed by atoms with Crippen LogP contribution in [0, 0.1) is 5.41 Å². The van der Waals surface area contributed by atoms with Crippen LogP contribution in [0.25, 0.3) is 0 Å². The monoisotopic (exact) mass is 280 g/mol. The molecule has 6 heteroatoms. The van der Waals surface area contributed by atoms with E-state index in [4.69, 9.17) is 4.74 Å². The number of aromatic nitrogens is 3. The lowest BCUT2D eigenvalue weighted by Gasteiger charge is -2.36. The molecule has 1 fully saturated rings. The number of fused-ring (bicyclic) bond motifs is 1. The lowest BCUT2D eigenvalue weighted by molar-refractivity contribution is 0.166. The van der Waals surface area contributed by atoms with Gasteiger partial charge in [0.05, 0.1) is 13.2 Å². The van der Waals surface area contributed by atoms with Crippen LogP contribution in [-0.2, 0) is 24.2 Å². The third-order valence-electron chi connectivity index (χ3n) is 4.92. The molecule has 3 rings (SSSR count). The van der Waals surface area contributed by atoms with Crippen molar-refractivity contribution in [3.63, 3.8) is 0 Å². The van der Waals surface area contributed by atoms with E-state index in [1.807, 2.05) is 4.57 Å². The summed E-state index contributed by atoms with van der Waals surface area (Å²) in [7, 11) is 1.65. The number of methoxy groups -OCH3 is 1. The van der Waals surface area contributed by atoms with E-state index in [-0.39, 0.29) is 5.69 Å². The highest BCUT2D eigenvalue weighted by Crippen LogP contribution is 2.39. The van der Waals surface area contributed by atoms with Gasteiger partial charge >= 0.3 is 5.69 Å². The van der Waals surface area contributed by atoms with Crippen LogP contribution in [0.2, 0.25) is 0 Å². The van der Waals surface area contributed by atoms with Gasteiger partial charge in [-0.1, -0.05) is 0 Å². The highest BCUT2D eigenvalue weighted by molar-refractivity contribution is 4.97. The van der Waals surface area contributed by atoms with Crippen LogP contribution in [0.4, 0.5) is 0 Å². The van der Waals surface area contributed by atoms with Gasteiger partial charge in [-0.3, -0.25) is 4.57 Å². The van der Waals surface area contributed by atoms with Gasteiger partial charge < -0.3 is 10.1 Å². The summed E-state index contributed by atoms with van der Waals surface area (Å²) in [6.45, 7) is 4.12. The Hall–Kier alpha value is -1.14. The molecular formula is C14H24N4O2. The first-order chi connectivity index (χ1) is 9.74. The second-order valence-electron chi connectivity index (χ2n) is 6.07. The number of piperidine rings is 1. The number of rotatable bonds is 3. The molecular weight excluding hydrogens is 256 g/mol. The van der Waals surface area contributed by atoms with E-state index in [0.29, 0.717) is 18.6 Å². The van der Waals surface area contributed by atoms with Gasteiger partial charge in [-0.2, -0.15) is 5.10 Å². The van der Waals surface area contributed by atoms with Crippen LogP contribution in [0.5, 0.6) is 0 Å². The summed E-state index contributed by atoms with van der Waals surface area (Å²) < 4.78 is 8.47. The number of nitrogens with zero attached hydrogens (tertiary/aromatic N) is 3. The average molecular weight is 280 g/mol. The van der Waals surface area contributed by atoms with Crippen LogP contribution >= 0.6 is 0 Å². The van der Waals surface area contributed by atoms with Crippen LogP contribution in [0.1, 0.15) is 31.5 Å². The van der Waals surface area contributed by atoms with Crippen LogP contribution in [0.15, 0.2) is 4.79 Å². The Morgan fingerprint density at radius 2 is 2.10 bits per heavy atom. The second kappa shape index (κ2) is 5.69. The van der Waals surface area contributed by atoms with E-state index in [1.165, 1.54) is 12.8 Å². The molecule has 1 aromatic rings. The number of hydrogen-bond donors (Lipinski definition) is 1. The fraction of sp³-hybridized carbons (Fsp3) is 0.857. The maximum absolute atomic E-state index is 12.3. The first-order valence-corrected chi connectivity index (χ1v) is 7.60. The molecule has 20 heavy (non-hydrogen) atoms. The third kappa shape index (κ3) is 2.54. The summed E-state index contributed by atoms with van der Waals surface area (Å²) in [5, 5.41) is 7.93. The minimum Gasteiger partial charge on any atom is -0.383 e. The fourth-order valence-corrected chi connectivity index (χ4v) is 3.53. The largest absolute Gasteiger partial charge is 0.383 e. The van der Waals surface area contributed by atoms with Crippen molar-refractivity contribution >= 4 is 0 Å². The minimum absolute atomic E-state index is 0.0306. The van der Waals surface area contributed by atoms with E-state index in [1.54, 1.807) is 11.8 Å². The molecule has 6 nitrogen and oxygen atoms in total. The maximum atomic E-state index is 12.3. The van der Waals surface area contributed by atoms with Gasteiger partial charge in [-0.25, -0.2) is 9.48 Å². The molecule has 0 saturated carbocycles. The maximum Gasteiger partial charge on any atom is 0.345 e. The summed E-state index contributed by atoms with van der Waals surface area (Å²) in [5.74, 6) is 0.960. The predicted molar refractivity (Wildman–Crippen MR) is 75.8 cm³/mol. The summed E-state index contributed by atoms with van der Waals surface area (Å²) in [5.41, 5.74) is 0.457. The molecule has 0 radical (unpaired) electrons. The van der Waals surface area contributed by atoms with Gasteiger partial charge in [0.25, 0.3) is 0 Å². The Balaban J connectivity index is 1.77. The molecule has 0 aliphatic carbocycles. The van der Waals surface area contributed by atoms with Crippen molar-refractivity contribution in [2.45, 2.75) is 45.2 Å². The number of ether oxygens (including phenoxy) is 1. The smallest absolute Gasteiger partial charge is 0.345 e. The zero-order valence-electron chi connectivity index (χ0n) is 12.2. The molecule has 0 amide bonds. The molecule has 2 aliphatic heterocycles. The Morgan fingerprint density at radius 3 is 2.85 bits per heavy atom. The summed E-state index contributed by atoms with van der Waals surface area (Å²) in [6.07, 6.45) is 5.66. The highest BCUT2D eigenvalue weighted by atomic mass is 16.5. The fourth-order valence-electron chi connectivity index (χ4n) is 3.53. The van der Waals surface area contributed by atoms with Gasteiger partial charge in [-0.15, -0.1) is 0 Å². The highest BCUT2D eigenvalue weighted by Gasteiger charge is 2.34. The van der Waals surface area contributed by atoms with E-state index in [0.717, 1.165) is 44.7 Å². The van der Waals surface area contributed by atoms with Gasteiger partial charge in [0.2, 0.25) is 0 Å². The van der Waals surface area contributed by atoms with Gasteiger partial charge in [0.15, 0.2) is 0 Å². The van der Waals surface area contributed by atoms with Gasteiger partial charge in [0.1, 0.15) is 5.82 Å². The minimum atomic E-state index is 0.0306. The van der Waals surface area contributed by atoms with Crippen LogP contribution < -0.4 is 11.0 Å². The van der Waals surface area contributed by atoms with Crippen LogP contribution in [0.3, 0.4) is 0 Å². The summed E-state index contributed by atoms with van der Waals surface area (Å²) >= 11 is 0. The van der Waals surface area contributed by atoms with E-state index < -0.39 is 0 Å². The molecule has 3 heterocycles. The normalized spacial score (nSPS) is 21.6. The molecule has 1 N–H and O–H groups in total. The summed E-state index contributed by atoms with van der Waals surface area (Å²) in [6, 6.07) is 0. The molecule has 112 valence electrons. The number of hydrogen-bond acceptors (Lipinski definition) is 4. The van der Waals surface area contributed by atoms with Crippen molar-refractivity contribution in [3.8, 4) is 0 Å². The van der Waals surface area contributed by atoms with Crippen molar-refractivity contribution in [2.75, 3.05) is 26.8 Å². The molecule has 1 aromatic heterocycles. The first-order valence-electron chi connectivity index (χ1n) is 7.60. The predicted octanol–water partition coefficient (Wildman–Crippen LogP) is 0.397. The Morgan fingerprint density at radius 1 is 1.30 bits per heavy atom. The van der Waals surface area contributed by atoms with Crippen molar-refractivity contribution in [1.82, 2.24) is 19.7 Å². The quantitative estimate of drug-likeness (QED) is 0.870. The van der Waals surface area contributed by atoms with E-state index in [9.17, 15) is 4.79 Å². The van der Waals surface area contributed by atoms with Crippen molar-refractivity contribution in [1.29, 1.82) is 0 Å². The standard InChI is InChI=1S/C14H24N4O2/c1-20-11-10-18-13(19)17-9-6-14(3-2-12(17)16-18)4-7-15-8-5-14/h15H,2-11H2,1H3. The lowest BCUT2D eigenvalue weighted by atomic mass is 9.73.